The summed E-state index contributed by atoms with van der Waals surface area (Å²) in [7, 11) is 0. The van der Waals surface area contributed by atoms with Gasteiger partial charge in [0, 0.05) is 22.8 Å². The number of benzene rings is 1. The maximum atomic E-state index is 12.0. The molecule has 0 spiro atoms. The van der Waals surface area contributed by atoms with E-state index in [1.165, 1.54) is 0 Å². The molecule has 7 heteroatoms. The second-order valence-electron chi connectivity index (χ2n) is 6.08. The number of carboxylic acids is 1. The second-order valence-corrected chi connectivity index (χ2v) is 6.52. The Bertz CT molecular complexity index is 807. The van der Waals surface area contributed by atoms with Gasteiger partial charge in [0.25, 0.3) is 0 Å². The van der Waals surface area contributed by atoms with Crippen molar-refractivity contribution in [2.75, 3.05) is 11.9 Å². The van der Waals surface area contributed by atoms with Crippen LogP contribution in [0.3, 0.4) is 0 Å². The zero-order valence-corrected chi connectivity index (χ0v) is 16.8. The van der Waals surface area contributed by atoms with Crippen LogP contribution in [0.15, 0.2) is 24.3 Å². The first-order valence-corrected chi connectivity index (χ1v) is 9.38. The minimum Gasteiger partial charge on any atom is -0.490 e. The van der Waals surface area contributed by atoms with Crippen LogP contribution >= 0.6 is 11.6 Å². The molecule has 0 amide bonds. The summed E-state index contributed by atoms with van der Waals surface area (Å²) in [5, 5.41) is 13.6. The number of halogens is 1. The number of rotatable bonds is 9. The molecule has 0 aliphatic rings. The molecule has 0 bridgehead atoms. The second kappa shape index (κ2) is 9.46. The number of carbonyl (C=O) groups is 1. The first kappa shape index (κ1) is 20.8. The van der Waals surface area contributed by atoms with Gasteiger partial charge in [-0.15, -0.1) is 0 Å². The van der Waals surface area contributed by atoms with Crippen LogP contribution < -0.4 is 14.8 Å². The molecule has 1 heterocycles. The fourth-order valence-corrected chi connectivity index (χ4v) is 2.85. The summed E-state index contributed by atoms with van der Waals surface area (Å²) in [6.07, 6.45) is 1.75. The normalized spacial score (nSPS) is 10.7. The Hall–Kier alpha value is -2.47. The summed E-state index contributed by atoms with van der Waals surface area (Å²) in [4.78, 5) is 16.3. The van der Waals surface area contributed by atoms with E-state index in [1.54, 1.807) is 31.2 Å². The molecule has 27 heavy (non-hydrogen) atoms. The van der Waals surface area contributed by atoms with E-state index in [0.717, 1.165) is 12.8 Å². The maximum Gasteiger partial charge on any atom is 0.343 e. The average Bonchev–Trinajstić information content (AvgIpc) is 2.61. The highest BCUT2D eigenvalue weighted by molar-refractivity contribution is 6.30. The Morgan fingerprint density at radius 1 is 1.22 bits per heavy atom. The van der Waals surface area contributed by atoms with Crippen molar-refractivity contribution in [2.24, 2.45) is 0 Å². The van der Waals surface area contributed by atoms with E-state index >= 15 is 0 Å². The molecule has 2 rings (SSSR count). The van der Waals surface area contributed by atoms with Gasteiger partial charge in [-0.2, -0.15) is 0 Å². The van der Waals surface area contributed by atoms with Crippen molar-refractivity contribution in [3.8, 4) is 17.4 Å². The number of hydrogen-bond acceptors (Lipinski definition) is 5. The van der Waals surface area contributed by atoms with Gasteiger partial charge in [-0.1, -0.05) is 25.4 Å². The van der Waals surface area contributed by atoms with Crippen molar-refractivity contribution in [3.63, 3.8) is 0 Å². The fourth-order valence-electron chi connectivity index (χ4n) is 2.69. The van der Waals surface area contributed by atoms with E-state index in [0.29, 0.717) is 34.5 Å². The number of carboxylic acid groups (broad SMARTS) is 1. The highest BCUT2D eigenvalue weighted by atomic mass is 35.5. The molecule has 2 aromatic rings. The van der Waals surface area contributed by atoms with Gasteiger partial charge in [-0.25, -0.2) is 9.78 Å². The predicted octanol–water partition coefficient (Wildman–Crippen LogP) is 5.53. The van der Waals surface area contributed by atoms with Crippen molar-refractivity contribution in [3.05, 3.63) is 40.5 Å². The van der Waals surface area contributed by atoms with Crippen molar-refractivity contribution < 1.29 is 19.4 Å². The first-order chi connectivity index (χ1) is 12.9. The molecule has 1 aromatic heterocycles. The molecule has 146 valence electrons. The number of anilines is 1. The molecule has 0 saturated carbocycles. The largest absolute Gasteiger partial charge is 0.490 e. The number of nitrogens with one attached hydrogen (secondary N) is 1. The zero-order chi connectivity index (χ0) is 20.0. The molecule has 0 atom stereocenters. The first-order valence-electron chi connectivity index (χ1n) is 9.01. The third kappa shape index (κ3) is 5.26. The number of hydrogen-bond donors (Lipinski definition) is 2. The third-order valence-corrected chi connectivity index (χ3v) is 4.32. The Labute approximate surface area is 164 Å². The van der Waals surface area contributed by atoms with E-state index in [9.17, 15) is 9.90 Å². The summed E-state index contributed by atoms with van der Waals surface area (Å²) in [5.41, 5.74) is 1.13. The van der Waals surface area contributed by atoms with Crippen LogP contribution in [0.5, 0.6) is 17.4 Å². The monoisotopic (exact) mass is 392 g/mol. The summed E-state index contributed by atoms with van der Waals surface area (Å²) < 4.78 is 11.4. The molecular formula is C20H25ClN2O4. The predicted molar refractivity (Wildman–Crippen MR) is 107 cm³/mol. The number of aromatic carboxylic acids is 1. The number of pyridine rings is 1. The van der Waals surface area contributed by atoms with Crippen LogP contribution in [-0.2, 0) is 0 Å². The smallest absolute Gasteiger partial charge is 0.343 e. The molecule has 0 aliphatic carbocycles. The van der Waals surface area contributed by atoms with Crippen LogP contribution in [0.4, 0.5) is 5.69 Å². The quantitative estimate of drug-likeness (QED) is 0.583. The van der Waals surface area contributed by atoms with E-state index in [4.69, 9.17) is 21.1 Å². The van der Waals surface area contributed by atoms with Crippen LogP contribution in [0.1, 0.15) is 49.7 Å². The summed E-state index contributed by atoms with van der Waals surface area (Å²) >= 11 is 6.02. The van der Waals surface area contributed by atoms with E-state index in [-0.39, 0.29) is 17.5 Å². The molecule has 0 aliphatic heterocycles. The Kier molecular flexibility index (Phi) is 7.30. The van der Waals surface area contributed by atoms with Crippen LogP contribution in [0.25, 0.3) is 0 Å². The van der Waals surface area contributed by atoms with Crippen molar-refractivity contribution in [1.29, 1.82) is 0 Å². The Morgan fingerprint density at radius 3 is 2.52 bits per heavy atom. The lowest BCUT2D eigenvalue weighted by Crippen LogP contribution is -2.20. The van der Waals surface area contributed by atoms with Crippen molar-refractivity contribution >= 4 is 23.3 Å². The van der Waals surface area contributed by atoms with Crippen LogP contribution in [0, 0.1) is 6.92 Å². The lowest BCUT2D eigenvalue weighted by Gasteiger charge is -2.20. The lowest BCUT2D eigenvalue weighted by molar-refractivity contribution is 0.0694. The van der Waals surface area contributed by atoms with Crippen LogP contribution in [-0.4, -0.2) is 28.7 Å². The topological polar surface area (TPSA) is 80.7 Å². The highest BCUT2D eigenvalue weighted by Crippen LogP contribution is 2.36. The van der Waals surface area contributed by atoms with Gasteiger partial charge >= 0.3 is 5.97 Å². The number of aromatic nitrogens is 1. The molecule has 0 saturated heterocycles. The Morgan fingerprint density at radius 2 is 1.93 bits per heavy atom. The zero-order valence-electron chi connectivity index (χ0n) is 16.0. The molecule has 1 aromatic carbocycles. The number of aryl methyl sites for hydroxylation is 1. The summed E-state index contributed by atoms with van der Waals surface area (Å²) in [6.45, 7) is 8.16. The third-order valence-electron chi connectivity index (χ3n) is 4.09. The van der Waals surface area contributed by atoms with Gasteiger partial charge in [-0.3, -0.25) is 0 Å². The van der Waals surface area contributed by atoms with Crippen molar-refractivity contribution in [2.45, 2.75) is 46.6 Å². The van der Waals surface area contributed by atoms with Crippen LogP contribution in [0.2, 0.25) is 5.02 Å². The average molecular weight is 393 g/mol. The van der Waals surface area contributed by atoms with Gasteiger partial charge < -0.3 is 19.9 Å². The van der Waals surface area contributed by atoms with Gasteiger partial charge in [0.15, 0.2) is 11.5 Å². The maximum absolute atomic E-state index is 12.0. The van der Waals surface area contributed by atoms with E-state index in [2.05, 4.69) is 24.1 Å². The molecule has 0 fully saturated rings. The van der Waals surface area contributed by atoms with Gasteiger partial charge in [0.2, 0.25) is 5.88 Å². The number of nitrogens with zero attached hydrogens (tertiary/aromatic N) is 1. The molecule has 0 radical (unpaired) electrons. The van der Waals surface area contributed by atoms with Gasteiger partial charge in [-0.05, 0) is 44.9 Å². The minimum absolute atomic E-state index is 0.00935. The van der Waals surface area contributed by atoms with E-state index < -0.39 is 5.97 Å². The molecule has 2 N–H and O–H groups in total. The van der Waals surface area contributed by atoms with Gasteiger partial charge in [0.05, 0.1) is 12.3 Å². The summed E-state index contributed by atoms with van der Waals surface area (Å²) in [5.74, 6) is -0.313. The summed E-state index contributed by atoms with van der Waals surface area (Å²) in [6, 6.07) is 6.79. The minimum atomic E-state index is -1.11. The van der Waals surface area contributed by atoms with Gasteiger partial charge in [0.1, 0.15) is 5.56 Å². The molecule has 0 unspecified atom stereocenters. The highest BCUT2D eigenvalue weighted by Gasteiger charge is 2.22. The number of ether oxygens (including phenoxy) is 2. The van der Waals surface area contributed by atoms with Crippen molar-refractivity contribution in [1.82, 2.24) is 4.98 Å². The van der Waals surface area contributed by atoms with E-state index in [1.807, 2.05) is 6.92 Å². The molecular weight excluding hydrogens is 368 g/mol. The standard InChI is InChI=1S/C20H25ClN2O4/c1-5-14(6-2)23-15-10-12(4)22-19(18(15)20(24)25)27-16-9-8-13(21)11-17(16)26-7-3/h8-11,14H,5-7H2,1-4H3,(H,22,23)(H,24,25). The Balaban J connectivity index is 2.50. The SMILES string of the molecule is CCOc1cc(Cl)ccc1Oc1nc(C)cc(NC(CC)CC)c1C(=O)O. The lowest BCUT2D eigenvalue weighted by atomic mass is 10.1. The molecule has 6 nitrogen and oxygen atoms in total. The fraction of sp³-hybridized carbons (Fsp3) is 0.400.